The van der Waals surface area contributed by atoms with Gasteiger partial charge < -0.3 is 14.2 Å². The fraction of sp³-hybridized carbons (Fsp3) is 0.608. The van der Waals surface area contributed by atoms with Gasteiger partial charge in [0, 0.05) is 19.3 Å². The smallest absolute Gasteiger partial charge is 0.306 e. The molecule has 0 saturated heterocycles. The van der Waals surface area contributed by atoms with Gasteiger partial charge in [0.1, 0.15) is 13.2 Å². The minimum Gasteiger partial charge on any atom is -0.462 e. The number of ether oxygens (including phenoxy) is 3. The van der Waals surface area contributed by atoms with E-state index in [2.05, 4.69) is 179 Å². The second-order valence-electron chi connectivity index (χ2n) is 20.9. The van der Waals surface area contributed by atoms with Crippen LogP contribution in [0.3, 0.4) is 0 Å². The zero-order valence-corrected chi connectivity index (χ0v) is 51.5. The molecule has 6 heteroatoms. The highest BCUT2D eigenvalue weighted by Gasteiger charge is 2.19. The summed E-state index contributed by atoms with van der Waals surface area (Å²) < 4.78 is 16.9. The van der Waals surface area contributed by atoms with Crippen molar-refractivity contribution < 1.29 is 28.6 Å². The molecule has 0 aliphatic rings. The Labute approximate surface area is 492 Å². The number of rotatable bonds is 57. The van der Waals surface area contributed by atoms with Crippen LogP contribution < -0.4 is 0 Å². The summed E-state index contributed by atoms with van der Waals surface area (Å²) in [5.41, 5.74) is 0. The molecule has 0 aromatic carbocycles. The molecule has 0 bridgehead atoms. The van der Waals surface area contributed by atoms with E-state index < -0.39 is 6.10 Å². The molecule has 0 aliphatic carbocycles. The fourth-order valence-electron chi connectivity index (χ4n) is 8.43. The molecule has 0 aromatic rings. The molecular weight excluding hydrogens is 985 g/mol. The number of hydrogen-bond donors (Lipinski definition) is 0. The maximum atomic E-state index is 12.9. The van der Waals surface area contributed by atoms with E-state index in [1.165, 1.54) is 77.0 Å². The van der Waals surface area contributed by atoms with Gasteiger partial charge in [0.25, 0.3) is 0 Å². The summed E-state index contributed by atoms with van der Waals surface area (Å²) in [4.78, 5) is 38.3. The lowest BCUT2D eigenvalue weighted by Crippen LogP contribution is -2.30. The molecule has 1 unspecified atom stereocenters. The van der Waals surface area contributed by atoms with Crippen LogP contribution in [0.1, 0.15) is 271 Å². The summed E-state index contributed by atoms with van der Waals surface area (Å²) in [6.45, 7) is 6.32. The zero-order valence-electron chi connectivity index (χ0n) is 51.5. The van der Waals surface area contributed by atoms with Crippen LogP contribution >= 0.6 is 0 Å². The molecule has 0 aliphatic heterocycles. The van der Waals surface area contributed by atoms with Crippen molar-refractivity contribution in [3.63, 3.8) is 0 Å². The number of carbonyl (C=O) groups excluding carboxylic acids is 3. The maximum Gasteiger partial charge on any atom is 0.306 e. The third kappa shape index (κ3) is 63.9. The Morgan fingerprint density at radius 1 is 0.263 bits per heavy atom. The molecule has 0 fully saturated rings. The SMILES string of the molecule is CC/C=C\C/C=C\C/C=C\C/C=C\C/C=C\C/C=C\CCCCC(=O)OC(COC(=O)CCCCCCC/C=C\C/C=C\CCCC)COC(=O)CCCCCCCCCCCCC/C=C\C/C=C\C/C=C\C/C=C\C/C=C\CC. The normalized spacial score (nSPS) is 13.2. The minimum absolute atomic E-state index is 0.108. The van der Waals surface area contributed by atoms with E-state index in [1.807, 2.05) is 0 Å². The van der Waals surface area contributed by atoms with Gasteiger partial charge in [0.2, 0.25) is 0 Å². The van der Waals surface area contributed by atoms with Gasteiger partial charge in [-0.15, -0.1) is 0 Å². The average molecular weight is 1100 g/mol. The molecule has 0 amide bonds. The lowest BCUT2D eigenvalue weighted by atomic mass is 10.0. The highest BCUT2D eigenvalue weighted by Crippen LogP contribution is 2.15. The average Bonchev–Trinajstić information content (AvgIpc) is 3.46. The van der Waals surface area contributed by atoms with Crippen molar-refractivity contribution in [3.05, 3.63) is 158 Å². The quantitative estimate of drug-likeness (QED) is 0.0261. The van der Waals surface area contributed by atoms with Gasteiger partial charge in [-0.3, -0.25) is 14.4 Å². The number of esters is 3. The van der Waals surface area contributed by atoms with E-state index >= 15 is 0 Å². The maximum absolute atomic E-state index is 12.9. The molecule has 80 heavy (non-hydrogen) atoms. The molecule has 0 spiro atoms. The van der Waals surface area contributed by atoms with Gasteiger partial charge in [-0.05, 0) is 141 Å². The van der Waals surface area contributed by atoms with Gasteiger partial charge >= 0.3 is 17.9 Å². The summed E-state index contributed by atoms with van der Waals surface area (Å²) in [6.07, 6.45) is 96.8. The van der Waals surface area contributed by atoms with E-state index in [0.717, 1.165) is 148 Å². The fourth-order valence-corrected chi connectivity index (χ4v) is 8.43. The van der Waals surface area contributed by atoms with Crippen LogP contribution in [0, 0.1) is 0 Å². The molecule has 6 nitrogen and oxygen atoms in total. The summed E-state index contributed by atoms with van der Waals surface area (Å²) in [5, 5.41) is 0. The molecule has 0 saturated carbocycles. The summed E-state index contributed by atoms with van der Waals surface area (Å²) in [7, 11) is 0. The van der Waals surface area contributed by atoms with Crippen LogP contribution in [0.4, 0.5) is 0 Å². The Morgan fingerprint density at radius 2 is 0.487 bits per heavy atom. The monoisotopic (exact) mass is 1100 g/mol. The van der Waals surface area contributed by atoms with Gasteiger partial charge in [-0.2, -0.15) is 0 Å². The van der Waals surface area contributed by atoms with E-state index in [9.17, 15) is 14.4 Å². The van der Waals surface area contributed by atoms with Crippen molar-refractivity contribution in [1.82, 2.24) is 0 Å². The number of hydrogen-bond acceptors (Lipinski definition) is 6. The molecule has 1 atom stereocenters. The topological polar surface area (TPSA) is 78.9 Å². The number of carbonyl (C=O) groups is 3. The number of allylic oxidation sites excluding steroid dienone is 26. The summed E-state index contributed by atoms with van der Waals surface area (Å²) >= 11 is 0. The Kier molecular flexibility index (Phi) is 62.4. The van der Waals surface area contributed by atoms with E-state index in [4.69, 9.17) is 14.2 Å². The molecular formula is C74H118O6. The van der Waals surface area contributed by atoms with Crippen molar-refractivity contribution >= 4 is 17.9 Å². The minimum atomic E-state index is -0.817. The first-order chi connectivity index (χ1) is 39.5. The third-order valence-electron chi connectivity index (χ3n) is 13.2. The van der Waals surface area contributed by atoms with Crippen LogP contribution in [0.25, 0.3) is 0 Å². The zero-order chi connectivity index (χ0) is 57.8. The largest absolute Gasteiger partial charge is 0.462 e. The first kappa shape index (κ1) is 75.0. The Morgan fingerprint density at radius 3 is 0.787 bits per heavy atom. The van der Waals surface area contributed by atoms with Crippen molar-refractivity contribution in [2.24, 2.45) is 0 Å². The molecule has 0 heterocycles. The van der Waals surface area contributed by atoms with Crippen LogP contribution in [0.5, 0.6) is 0 Å². The molecule has 0 N–H and O–H groups in total. The van der Waals surface area contributed by atoms with Crippen LogP contribution in [0.15, 0.2) is 158 Å². The highest BCUT2D eigenvalue weighted by molar-refractivity contribution is 5.71. The molecule has 450 valence electrons. The van der Waals surface area contributed by atoms with Crippen LogP contribution in [-0.2, 0) is 28.6 Å². The van der Waals surface area contributed by atoms with Crippen molar-refractivity contribution in [1.29, 1.82) is 0 Å². The van der Waals surface area contributed by atoms with Gasteiger partial charge in [-0.25, -0.2) is 0 Å². The third-order valence-corrected chi connectivity index (χ3v) is 13.2. The second-order valence-corrected chi connectivity index (χ2v) is 20.9. The Hall–Kier alpha value is -4.97. The summed E-state index contributed by atoms with van der Waals surface area (Å²) in [6, 6.07) is 0. The van der Waals surface area contributed by atoms with E-state index in [0.29, 0.717) is 19.3 Å². The predicted molar refractivity (Wildman–Crippen MR) is 348 cm³/mol. The Balaban J connectivity index is 4.43. The van der Waals surface area contributed by atoms with Gasteiger partial charge in [-0.1, -0.05) is 269 Å². The van der Waals surface area contributed by atoms with E-state index in [1.54, 1.807) is 0 Å². The first-order valence-corrected chi connectivity index (χ1v) is 32.5. The van der Waals surface area contributed by atoms with Gasteiger partial charge in [0.15, 0.2) is 6.10 Å². The second kappa shape index (κ2) is 66.5. The van der Waals surface area contributed by atoms with E-state index in [-0.39, 0.29) is 37.5 Å². The highest BCUT2D eigenvalue weighted by atomic mass is 16.6. The lowest BCUT2D eigenvalue weighted by molar-refractivity contribution is -0.167. The molecule has 0 rings (SSSR count). The van der Waals surface area contributed by atoms with Crippen molar-refractivity contribution in [3.8, 4) is 0 Å². The van der Waals surface area contributed by atoms with Crippen molar-refractivity contribution in [2.75, 3.05) is 13.2 Å². The predicted octanol–water partition coefficient (Wildman–Crippen LogP) is 22.5. The first-order valence-electron chi connectivity index (χ1n) is 32.5. The standard InChI is InChI=1S/C74H118O6/c1-4-7-10-13-16-19-22-25-28-30-32-34-35-36-37-38-39-41-42-44-46-49-52-55-58-61-64-67-73(76)79-70-71(69-78-72(75)66-63-60-57-54-51-48-27-24-21-18-15-12-9-6-3)80-74(77)68-65-62-59-56-53-50-47-45-43-40-33-31-29-26-23-20-17-14-11-8-5-2/h7-8,10-11,15-20,24-29,32-34,36-37,40,45,47,53,56,71H,4-6,9,12-14,21-23,30-31,35,38-39,41-44,46,48-52,54-55,57-70H2,1-3H3/b10-7-,11-8-,18-15-,19-16-,20-17-,27-24-,28-25-,29-26-,34-32-,37-36-,40-33-,47-45-,56-53-. The molecule has 0 radical (unpaired) electrons. The van der Waals surface area contributed by atoms with Gasteiger partial charge in [0.05, 0.1) is 0 Å². The number of unbranched alkanes of at least 4 members (excludes halogenated alkanes) is 20. The van der Waals surface area contributed by atoms with Crippen molar-refractivity contribution in [2.45, 2.75) is 277 Å². The van der Waals surface area contributed by atoms with Crippen LogP contribution in [0.2, 0.25) is 0 Å². The summed E-state index contributed by atoms with van der Waals surface area (Å²) in [5.74, 6) is -0.970. The Bertz CT molecular complexity index is 1790. The van der Waals surface area contributed by atoms with Crippen LogP contribution in [-0.4, -0.2) is 37.2 Å². The lowest BCUT2D eigenvalue weighted by Gasteiger charge is -2.18. The molecule has 0 aromatic heterocycles.